The van der Waals surface area contributed by atoms with Crippen LogP contribution in [-0.2, 0) is 32.6 Å². The Morgan fingerprint density at radius 2 is 1.62 bits per heavy atom. The predicted molar refractivity (Wildman–Crippen MR) is 157 cm³/mol. The van der Waals surface area contributed by atoms with Gasteiger partial charge in [0.2, 0.25) is 28.6 Å². The van der Waals surface area contributed by atoms with E-state index in [1.54, 1.807) is 12.1 Å². The van der Waals surface area contributed by atoms with Crippen LogP contribution in [0.1, 0.15) is 25.0 Å². The van der Waals surface area contributed by atoms with Crippen LogP contribution in [0.5, 0.6) is 11.5 Å². The number of ether oxygens (including phenoxy) is 2. The van der Waals surface area contributed by atoms with Gasteiger partial charge >= 0.3 is 0 Å². The van der Waals surface area contributed by atoms with Crippen molar-refractivity contribution in [3.8, 4) is 11.5 Å². The van der Waals surface area contributed by atoms with Crippen LogP contribution in [-0.4, -0.2) is 56.8 Å². The van der Waals surface area contributed by atoms with Gasteiger partial charge in [0, 0.05) is 29.5 Å². The molecule has 0 aliphatic carbocycles. The molecule has 0 aromatic heterocycles. The number of anilines is 1. The Kier molecular flexibility index (Phi) is 9.36. The molecule has 212 valence electrons. The highest BCUT2D eigenvalue weighted by molar-refractivity contribution is 9.10. The van der Waals surface area contributed by atoms with Crippen LogP contribution in [0.15, 0.2) is 77.3 Å². The van der Waals surface area contributed by atoms with Gasteiger partial charge in [0.1, 0.15) is 12.6 Å². The number of fused-ring (bicyclic) bond motifs is 1. The van der Waals surface area contributed by atoms with Crippen molar-refractivity contribution in [2.75, 3.05) is 23.9 Å². The Hall–Kier alpha value is -3.57. The number of halogens is 1. The minimum absolute atomic E-state index is 0.0314. The number of sulfonamides is 1. The van der Waals surface area contributed by atoms with Crippen LogP contribution in [0.4, 0.5) is 5.69 Å². The largest absolute Gasteiger partial charge is 0.454 e. The van der Waals surface area contributed by atoms with E-state index in [9.17, 15) is 18.0 Å². The van der Waals surface area contributed by atoms with E-state index in [1.807, 2.05) is 68.4 Å². The molecule has 3 aromatic carbocycles. The summed E-state index contributed by atoms with van der Waals surface area (Å²) >= 11 is 3.43. The molecule has 0 saturated carbocycles. The average Bonchev–Trinajstić information content (AvgIpc) is 3.38. The van der Waals surface area contributed by atoms with E-state index in [0.717, 1.165) is 26.2 Å². The highest BCUT2D eigenvalue weighted by Crippen LogP contribution is 2.36. The fourth-order valence-electron chi connectivity index (χ4n) is 4.38. The smallest absolute Gasteiger partial charge is 0.244 e. The van der Waals surface area contributed by atoms with Gasteiger partial charge in [0.05, 0.1) is 11.9 Å². The van der Waals surface area contributed by atoms with Crippen LogP contribution >= 0.6 is 15.9 Å². The SMILES string of the molecule is CC(C)NC(=O)[C@H](Cc1ccccc1)N(Cc1ccc(Br)cc1)C(=O)CN(c1ccc2c(c1)OCO2)S(C)(=O)=O. The first-order valence-electron chi connectivity index (χ1n) is 12.8. The number of nitrogens with one attached hydrogen (secondary N) is 1. The summed E-state index contributed by atoms with van der Waals surface area (Å²) in [6.45, 7) is 3.33. The molecule has 0 unspecified atom stereocenters. The summed E-state index contributed by atoms with van der Waals surface area (Å²) in [5.74, 6) is 0.0430. The van der Waals surface area contributed by atoms with Gasteiger partial charge in [-0.15, -0.1) is 0 Å². The first-order chi connectivity index (χ1) is 19.0. The zero-order valence-electron chi connectivity index (χ0n) is 22.5. The summed E-state index contributed by atoms with van der Waals surface area (Å²) in [5, 5.41) is 2.93. The molecule has 1 aliphatic rings. The monoisotopic (exact) mass is 629 g/mol. The third-order valence-electron chi connectivity index (χ3n) is 6.29. The Balaban J connectivity index is 1.72. The number of carbonyl (C=O) groups is 2. The van der Waals surface area contributed by atoms with Crippen molar-refractivity contribution >= 4 is 43.5 Å². The zero-order chi connectivity index (χ0) is 28.9. The van der Waals surface area contributed by atoms with Gasteiger partial charge in [-0.1, -0.05) is 58.4 Å². The zero-order valence-corrected chi connectivity index (χ0v) is 24.9. The van der Waals surface area contributed by atoms with Crippen LogP contribution in [0.25, 0.3) is 0 Å². The maximum atomic E-state index is 14.1. The first-order valence-corrected chi connectivity index (χ1v) is 15.4. The summed E-state index contributed by atoms with van der Waals surface area (Å²) in [7, 11) is -3.88. The molecule has 11 heteroatoms. The normalized spacial score (nSPS) is 13.1. The molecule has 0 radical (unpaired) electrons. The van der Waals surface area contributed by atoms with Crippen molar-refractivity contribution in [1.82, 2.24) is 10.2 Å². The van der Waals surface area contributed by atoms with Gasteiger partial charge in [-0.25, -0.2) is 8.42 Å². The maximum Gasteiger partial charge on any atom is 0.244 e. The van der Waals surface area contributed by atoms with E-state index in [2.05, 4.69) is 21.2 Å². The van der Waals surface area contributed by atoms with Gasteiger partial charge < -0.3 is 19.7 Å². The topological polar surface area (TPSA) is 105 Å². The Morgan fingerprint density at radius 3 is 2.27 bits per heavy atom. The number of hydrogen-bond donors (Lipinski definition) is 1. The molecule has 0 bridgehead atoms. The number of rotatable bonds is 11. The molecule has 0 spiro atoms. The van der Waals surface area contributed by atoms with Crippen LogP contribution in [0, 0.1) is 0 Å². The molecule has 1 atom stereocenters. The Morgan fingerprint density at radius 1 is 0.950 bits per heavy atom. The maximum absolute atomic E-state index is 14.1. The molecule has 9 nitrogen and oxygen atoms in total. The molecular weight excluding hydrogens is 598 g/mol. The molecule has 40 heavy (non-hydrogen) atoms. The van der Waals surface area contributed by atoms with Crippen LogP contribution in [0.2, 0.25) is 0 Å². The number of amides is 2. The molecule has 0 saturated heterocycles. The number of nitrogens with zero attached hydrogens (tertiary/aromatic N) is 2. The van der Waals surface area contributed by atoms with Crippen molar-refractivity contribution in [3.63, 3.8) is 0 Å². The van der Waals surface area contributed by atoms with E-state index < -0.39 is 28.5 Å². The lowest BCUT2D eigenvalue weighted by molar-refractivity contribution is -0.140. The van der Waals surface area contributed by atoms with Gasteiger partial charge in [0.25, 0.3) is 0 Å². The lowest BCUT2D eigenvalue weighted by Gasteiger charge is -2.34. The van der Waals surface area contributed by atoms with E-state index in [0.29, 0.717) is 11.5 Å². The molecule has 1 heterocycles. The number of benzene rings is 3. The van der Waals surface area contributed by atoms with Gasteiger partial charge in [-0.2, -0.15) is 0 Å². The van der Waals surface area contributed by atoms with Crippen molar-refractivity contribution < 1.29 is 27.5 Å². The third kappa shape index (κ3) is 7.54. The predicted octanol–water partition coefficient (Wildman–Crippen LogP) is 4.11. The molecule has 2 amide bonds. The summed E-state index contributed by atoms with van der Waals surface area (Å²) in [6, 6.07) is 20.5. The minimum Gasteiger partial charge on any atom is -0.454 e. The average molecular weight is 631 g/mol. The summed E-state index contributed by atoms with van der Waals surface area (Å²) in [4.78, 5) is 29.1. The summed E-state index contributed by atoms with van der Waals surface area (Å²) < 4.78 is 38.5. The second-order valence-electron chi connectivity index (χ2n) is 9.82. The third-order valence-corrected chi connectivity index (χ3v) is 7.96. The Bertz CT molecular complexity index is 1450. The van der Waals surface area contributed by atoms with Crippen LogP contribution < -0.4 is 19.1 Å². The number of carbonyl (C=O) groups excluding carboxylic acids is 2. The van der Waals surface area contributed by atoms with E-state index in [4.69, 9.17) is 9.47 Å². The first kappa shape index (κ1) is 29.4. The molecule has 1 aliphatic heterocycles. The van der Waals surface area contributed by atoms with E-state index >= 15 is 0 Å². The quantitative estimate of drug-likeness (QED) is 0.342. The van der Waals surface area contributed by atoms with Gasteiger partial charge in [-0.05, 0) is 49.2 Å². The molecular formula is C29H32BrN3O6S. The molecule has 3 aromatic rings. The molecule has 1 N–H and O–H groups in total. The summed E-state index contributed by atoms with van der Waals surface area (Å²) in [6.07, 6.45) is 1.29. The van der Waals surface area contributed by atoms with Crippen molar-refractivity contribution in [2.24, 2.45) is 0 Å². The highest BCUT2D eigenvalue weighted by atomic mass is 79.9. The van der Waals surface area contributed by atoms with Crippen molar-refractivity contribution in [3.05, 3.63) is 88.4 Å². The fraction of sp³-hybridized carbons (Fsp3) is 0.310. The Labute approximate surface area is 243 Å². The minimum atomic E-state index is -3.88. The summed E-state index contributed by atoms with van der Waals surface area (Å²) in [5.41, 5.74) is 1.92. The van der Waals surface area contributed by atoms with Crippen molar-refractivity contribution in [1.29, 1.82) is 0 Å². The number of hydrogen-bond acceptors (Lipinski definition) is 6. The van der Waals surface area contributed by atoms with Crippen LogP contribution in [0.3, 0.4) is 0 Å². The molecule has 0 fully saturated rings. The lowest BCUT2D eigenvalue weighted by Crippen LogP contribution is -2.54. The lowest BCUT2D eigenvalue weighted by atomic mass is 10.0. The van der Waals surface area contributed by atoms with Gasteiger partial charge in [-0.3, -0.25) is 13.9 Å². The highest BCUT2D eigenvalue weighted by Gasteiger charge is 2.33. The standard InChI is InChI=1S/C29H32BrN3O6S/c1-20(2)31-29(35)25(15-21-7-5-4-6-8-21)32(17-22-9-11-23(30)12-10-22)28(34)18-33(40(3,36)37)24-13-14-26-27(16-24)39-19-38-26/h4-14,16,20,25H,15,17-19H2,1-3H3,(H,31,35)/t25-/m0/s1. The van der Waals surface area contributed by atoms with E-state index in [1.165, 1.54) is 11.0 Å². The van der Waals surface area contributed by atoms with Gasteiger partial charge in [0.15, 0.2) is 11.5 Å². The van der Waals surface area contributed by atoms with Crippen molar-refractivity contribution in [2.45, 2.75) is 38.9 Å². The molecule has 4 rings (SSSR count). The van der Waals surface area contributed by atoms with E-state index in [-0.39, 0.29) is 37.4 Å². The second-order valence-corrected chi connectivity index (χ2v) is 12.6. The second kappa shape index (κ2) is 12.7. The fourth-order valence-corrected chi connectivity index (χ4v) is 5.48.